The molecule has 3 rings (SSSR count). The van der Waals surface area contributed by atoms with E-state index >= 15 is 0 Å². The topological polar surface area (TPSA) is 140 Å². The largest absolute Gasteiger partial charge is 0.394 e. The van der Waals surface area contributed by atoms with Crippen LogP contribution in [-0.2, 0) is 10.5 Å². The van der Waals surface area contributed by atoms with Crippen LogP contribution in [0.2, 0.25) is 0 Å². The van der Waals surface area contributed by atoms with Crippen LogP contribution in [0.25, 0.3) is 11.2 Å². The van der Waals surface area contributed by atoms with Crippen molar-refractivity contribution in [3.05, 3.63) is 12.7 Å². The fourth-order valence-electron chi connectivity index (χ4n) is 2.72. The summed E-state index contributed by atoms with van der Waals surface area (Å²) in [7, 11) is 0. The maximum atomic E-state index is 10.7. The first-order valence-corrected chi connectivity index (χ1v) is 6.46. The lowest BCUT2D eigenvalue weighted by Crippen LogP contribution is -2.53. The Labute approximate surface area is 120 Å². The van der Waals surface area contributed by atoms with Gasteiger partial charge in [0.25, 0.3) is 0 Å². The summed E-state index contributed by atoms with van der Waals surface area (Å²) in [5, 5.41) is 30.1. The lowest BCUT2D eigenvalue weighted by molar-refractivity contribution is -0.174. The van der Waals surface area contributed by atoms with Crippen molar-refractivity contribution in [2.75, 3.05) is 12.3 Å². The molecule has 0 saturated carbocycles. The fraction of sp³-hybridized carbons (Fsp3) is 0.583. The summed E-state index contributed by atoms with van der Waals surface area (Å²) in [5.41, 5.74) is 3.46. The zero-order valence-corrected chi connectivity index (χ0v) is 11.6. The highest BCUT2D eigenvalue weighted by Gasteiger charge is 2.61. The van der Waals surface area contributed by atoms with Crippen molar-refractivity contribution in [2.45, 2.75) is 37.4 Å². The third kappa shape index (κ3) is 1.69. The van der Waals surface area contributed by atoms with Crippen LogP contribution in [0.5, 0.6) is 0 Å². The molecule has 1 saturated heterocycles. The number of nitrogens with zero attached hydrogens (tertiary/aromatic N) is 4. The van der Waals surface area contributed by atoms with E-state index in [0.717, 1.165) is 0 Å². The summed E-state index contributed by atoms with van der Waals surface area (Å²) in [5.74, 6) is 0.208. The second-order valence-electron chi connectivity index (χ2n) is 5.46. The quantitative estimate of drug-likeness (QED) is 0.529. The van der Waals surface area contributed by atoms with Gasteiger partial charge in [0.15, 0.2) is 17.2 Å². The first-order valence-electron chi connectivity index (χ1n) is 6.46. The van der Waals surface area contributed by atoms with Gasteiger partial charge < -0.3 is 25.8 Å². The second kappa shape index (κ2) is 4.34. The molecule has 5 N–H and O–H groups in total. The molecular formula is C12H17N5O4. The Morgan fingerprint density at radius 3 is 2.71 bits per heavy atom. The van der Waals surface area contributed by atoms with E-state index < -0.39 is 30.1 Å². The Kier molecular flexibility index (Phi) is 2.92. The number of nitrogen functional groups attached to an aromatic ring is 1. The van der Waals surface area contributed by atoms with Gasteiger partial charge >= 0.3 is 0 Å². The smallest absolute Gasteiger partial charge is 0.176 e. The fourth-order valence-corrected chi connectivity index (χ4v) is 2.72. The molecule has 1 aliphatic rings. The van der Waals surface area contributed by atoms with E-state index in [-0.39, 0.29) is 5.82 Å². The van der Waals surface area contributed by atoms with E-state index in [9.17, 15) is 15.3 Å². The molecule has 0 bridgehead atoms. The van der Waals surface area contributed by atoms with Gasteiger partial charge in [-0.25, -0.2) is 15.0 Å². The number of aromatic nitrogens is 4. The summed E-state index contributed by atoms with van der Waals surface area (Å²) in [6.07, 6.45) is 0.519. The lowest BCUT2D eigenvalue weighted by atomic mass is 9.88. The first kappa shape index (κ1) is 14.1. The van der Waals surface area contributed by atoms with Gasteiger partial charge in [-0.05, 0) is 13.8 Å². The van der Waals surface area contributed by atoms with Crippen molar-refractivity contribution in [1.82, 2.24) is 19.5 Å². The molecule has 2 aromatic heterocycles. The van der Waals surface area contributed by atoms with E-state index in [1.807, 2.05) is 0 Å². The van der Waals surface area contributed by atoms with Gasteiger partial charge in [0.1, 0.15) is 29.7 Å². The predicted molar refractivity (Wildman–Crippen MR) is 72.0 cm³/mol. The van der Waals surface area contributed by atoms with E-state index in [1.165, 1.54) is 24.1 Å². The van der Waals surface area contributed by atoms with E-state index in [0.29, 0.717) is 11.2 Å². The Hall–Kier alpha value is -1.81. The number of rotatable bonds is 2. The molecule has 4 atom stereocenters. The molecule has 3 heterocycles. The minimum absolute atomic E-state index is 0.208. The Balaban J connectivity index is 2.19. The molecular weight excluding hydrogens is 278 g/mol. The maximum absolute atomic E-state index is 10.7. The molecule has 0 spiro atoms. The Morgan fingerprint density at radius 1 is 1.38 bits per heavy atom. The summed E-state index contributed by atoms with van der Waals surface area (Å²) < 4.78 is 7.18. The third-order valence-electron chi connectivity index (χ3n) is 4.25. The average molecular weight is 295 g/mol. The van der Waals surface area contributed by atoms with Crippen molar-refractivity contribution in [3.8, 4) is 0 Å². The summed E-state index contributed by atoms with van der Waals surface area (Å²) in [6.45, 7) is 2.60. The first-order chi connectivity index (χ1) is 9.83. The van der Waals surface area contributed by atoms with Crippen molar-refractivity contribution in [3.63, 3.8) is 0 Å². The van der Waals surface area contributed by atoms with Gasteiger partial charge in [0.05, 0.1) is 12.9 Å². The van der Waals surface area contributed by atoms with Crippen LogP contribution in [0.4, 0.5) is 5.82 Å². The number of aliphatic hydroxyl groups excluding tert-OH is 2. The SMILES string of the molecule is C[C@]1(O)C(O)[C@@H](CO)O[C@@]1(C)n1cnc2c(N)ncnc21. The van der Waals surface area contributed by atoms with Crippen molar-refractivity contribution in [1.29, 1.82) is 0 Å². The number of anilines is 1. The molecule has 1 aliphatic heterocycles. The molecule has 1 unspecified atom stereocenters. The van der Waals surface area contributed by atoms with E-state index in [1.54, 1.807) is 6.92 Å². The van der Waals surface area contributed by atoms with Crippen LogP contribution >= 0.6 is 0 Å². The van der Waals surface area contributed by atoms with Gasteiger partial charge in [-0.15, -0.1) is 0 Å². The summed E-state index contributed by atoms with van der Waals surface area (Å²) in [6, 6.07) is 0. The van der Waals surface area contributed by atoms with Crippen LogP contribution in [0.3, 0.4) is 0 Å². The maximum Gasteiger partial charge on any atom is 0.176 e. The molecule has 9 heteroatoms. The minimum Gasteiger partial charge on any atom is -0.394 e. The van der Waals surface area contributed by atoms with Crippen LogP contribution in [-0.4, -0.2) is 59.3 Å². The highest BCUT2D eigenvalue weighted by molar-refractivity contribution is 5.81. The number of fused-ring (bicyclic) bond motifs is 1. The van der Waals surface area contributed by atoms with Gasteiger partial charge in [-0.2, -0.15) is 0 Å². The number of nitrogens with two attached hydrogens (primary N) is 1. The highest BCUT2D eigenvalue weighted by atomic mass is 16.6. The van der Waals surface area contributed by atoms with Crippen molar-refractivity contribution < 1.29 is 20.1 Å². The van der Waals surface area contributed by atoms with Gasteiger partial charge in [-0.3, -0.25) is 4.57 Å². The second-order valence-corrected chi connectivity index (χ2v) is 5.46. The summed E-state index contributed by atoms with van der Waals surface area (Å²) >= 11 is 0. The summed E-state index contributed by atoms with van der Waals surface area (Å²) in [4.78, 5) is 12.1. The van der Waals surface area contributed by atoms with E-state index in [2.05, 4.69) is 15.0 Å². The molecule has 1 fully saturated rings. The number of ether oxygens (including phenoxy) is 1. The van der Waals surface area contributed by atoms with Crippen molar-refractivity contribution >= 4 is 17.0 Å². The highest BCUT2D eigenvalue weighted by Crippen LogP contribution is 2.44. The number of hydrogen-bond acceptors (Lipinski definition) is 8. The molecule has 0 aliphatic carbocycles. The predicted octanol–water partition coefficient (Wildman–Crippen LogP) is -1.42. The van der Waals surface area contributed by atoms with Gasteiger partial charge in [-0.1, -0.05) is 0 Å². The van der Waals surface area contributed by atoms with Gasteiger partial charge in [0, 0.05) is 0 Å². The van der Waals surface area contributed by atoms with Crippen LogP contribution in [0.15, 0.2) is 12.7 Å². The number of aliphatic hydroxyl groups is 3. The van der Waals surface area contributed by atoms with Crippen LogP contribution < -0.4 is 5.73 Å². The van der Waals surface area contributed by atoms with E-state index in [4.69, 9.17) is 10.5 Å². The van der Waals surface area contributed by atoms with Crippen LogP contribution in [0.1, 0.15) is 13.8 Å². The molecule has 2 aromatic rings. The zero-order chi connectivity index (χ0) is 15.4. The molecule has 21 heavy (non-hydrogen) atoms. The Morgan fingerprint density at radius 2 is 2.10 bits per heavy atom. The zero-order valence-electron chi connectivity index (χ0n) is 11.6. The lowest BCUT2D eigenvalue weighted by Gasteiger charge is -2.37. The number of imidazole rings is 1. The average Bonchev–Trinajstić information content (AvgIpc) is 2.95. The normalized spacial score (nSPS) is 36.4. The molecule has 114 valence electrons. The van der Waals surface area contributed by atoms with Crippen LogP contribution in [0, 0.1) is 0 Å². The number of hydrogen-bond donors (Lipinski definition) is 4. The minimum atomic E-state index is -1.66. The molecule has 0 radical (unpaired) electrons. The Bertz CT molecular complexity index is 687. The molecule has 0 aromatic carbocycles. The third-order valence-corrected chi connectivity index (χ3v) is 4.25. The molecule has 9 nitrogen and oxygen atoms in total. The van der Waals surface area contributed by atoms with Gasteiger partial charge in [0.2, 0.25) is 0 Å². The monoisotopic (exact) mass is 295 g/mol. The van der Waals surface area contributed by atoms with Crippen molar-refractivity contribution in [2.24, 2.45) is 0 Å². The molecule has 0 amide bonds. The standard InChI is InChI=1S/C12H17N5O4/c1-11(20)8(19)6(3-18)21-12(11,2)17-5-16-7-9(13)14-4-15-10(7)17/h4-6,8,18-20H,3H2,1-2H3,(H2,13,14,15)/t6-,8?,11+,12-/m1/s1.